The van der Waals surface area contributed by atoms with E-state index in [0.717, 1.165) is 30.8 Å². The molecule has 1 saturated heterocycles. The van der Waals surface area contributed by atoms with E-state index in [1.807, 2.05) is 22.4 Å². The average Bonchev–Trinajstić information content (AvgIpc) is 2.87. The molecule has 1 fully saturated rings. The molecule has 4 heteroatoms. The highest BCUT2D eigenvalue weighted by Crippen LogP contribution is 2.28. The zero-order chi connectivity index (χ0) is 9.97. The first-order chi connectivity index (χ1) is 6.79. The number of amides is 1. The monoisotopic (exact) mass is 229 g/mol. The van der Waals surface area contributed by atoms with Crippen LogP contribution in [-0.2, 0) is 4.79 Å². The maximum atomic E-state index is 11.8. The SMILES string of the molecule is O=C(C(Cl)c1cccs1)N1CCCC1. The summed E-state index contributed by atoms with van der Waals surface area (Å²) in [5.74, 6) is 0.0617. The average molecular weight is 230 g/mol. The van der Waals surface area contributed by atoms with E-state index in [4.69, 9.17) is 11.6 Å². The molecule has 76 valence electrons. The van der Waals surface area contributed by atoms with E-state index < -0.39 is 5.38 Å². The van der Waals surface area contributed by atoms with Gasteiger partial charge in [0.25, 0.3) is 0 Å². The lowest BCUT2D eigenvalue weighted by Gasteiger charge is -2.17. The van der Waals surface area contributed by atoms with Gasteiger partial charge in [-0.1, -0.05) is 6.07 Å². The Morgan fingerprint density at radius 2 is 2.21 bits per heavy atom. The van der Waals surface area contributed by atoms with Crippen molar-refractivity contribution in [1.29, 1.82) is 0 Å². The smallest absolute Gasteiger partial charge is 0.246 e. The first-order valence-electron chi connectivity index (χ1n) is 4.75. The van der Waals surface area contributed by atoms with Gasteiger partial charge in [0.1, 0.15) is 5.38 Å². The number of likely N-dealkylation sites (tertiary alicyclic amines) is 1. The van der Waals surface area contributed by atoms with Gasteiger partial charge >= 0.3 is 0 Å². The van der Waals surface area contributed by atoms with Crippen LogP contribution in [0.3, 0.4) is 0 Å². The summed E-state index contributed by atoms with van der Waals surface area (Å²) in [5.41, 5.74) is 0. The van der Waals surface area contributed by atoms with Crippen molar-refractivity contribution in [2.45, 2.75) is 18.2 Å². The second kappa shape index (κ2) is 4.32. The molecule has 2 heterocycles. The number of carbonyl (C=O) groups excluding carboxylic acids is 1. The van der Waals surface area contributed by atoms with Gasteiger partial charge in [0, 0.05) is 18.0 Å². The molecule has 0 spiro atoms. The molecule has 1 unspecified atom stereocenters. The molecule has 0 radical (unpaired) electrons. The van der Waals surface area contributed by atoms with Crippen LogP contribution in [0.25, 0.3) is 0 Å². The van der Waals surface area contributed by atoms with Gasteiger partial charge in [-0.05, 0) is 24.3 Å². The van der Waals surface area contributed by atoms with E-state index >= 15 is 0 Å². The fraction of sp³-hybridized carbons (Fsp3) is 0.500. The van der Waals surface area contributed by atoms with Gasteiger partial charge < -0.3 is 4.90 Å². The highest BCUT2D eigenvalue weighted by atomic mass is 35.5. The van der Waals surface area contributed by atoms with Gasteiger partial charge in [-0.15, -0.1) is 22.9 Å². The highest BCUT2D eigenvalue weighted by molar-refractivity contribution is 7.10. The second-order valence-electron chi connectivity index (χ2n) is 3.41. The molecule has 0 N–H and O–H groups in total. The second-order valence-corrected chi connectivity index (χ2v) is 4.83. The summed E-state index contributed by atoms with van der Waals surface area (Å²) in [5, 5.41) is 1.47. The Morgan fingerprint density at radius 1 is 1.50 bits per heavy atom. The Balaban J connectivity index is 2.04. The predicted molar refractivity (Wildman–Crippen MR) is 58.7 cm³/mol. The van der Waals surface area contributed by atoms with Gasteiger partial charge in [-0.3, -0.25) is 4.79 Å². The summed E-state index contributed by atoms with van der Waals surface area (Å²) in [4.78, 5) is 14.7. The summed E-state index contributed by atoms with van der Waals surface area (Å²) in [6.07, 6.45) is 2.22. The molecule has 1 aliphatic heterocycles. The molecule has 1 aromatic heterocycles. The summed E-state index contributed by atoms with van der Waals surface area (Å²) in [7, 11) is 0. The fourth-order valence-corrected chi connectivity index (χ4v) is 2.71. The molecule has 0 saturated carbocycles. The standard InChI is InChI=1S/C10H12ClNOS/c11-9(8-4-3-7-14-8)10(13)12-5-1-2-6-12/h3-4,7,9H,1-2,5-6H2. The topological polar surface area (TPSA) is 20.3 Å². The molecule has 2 nitrogen and oxygen atoms in total. The zero-order valence-corrected chi connectivity index (χ0v) is 9.35. The Labute approximate surface area is 92.5 Å². The molecule has 1 aromatic rings. The van der Waals surface area contributed by atoms with E-state index in [1.54, 1.807) is 0 Å². The van der Waals surface area contributed by atoms with E-state index in [0.29, 0.717) is 0 Å². The minimum atomic E-state index is -0.479. The minimum absolute atomic E-state index is 0.0617. The number of halogens is 1. The quantitative estimate of drug-likeness (QED) is 0.714. The van der Waals surface area contributed by atoms with E-state index in [1.165, 1.54) is 11.3 Å². The van der Waals surface area contributed by atoms with Crippen molar-refractivity contribution < 1.29 is 4.79 Å². The molecule has 1 atom stereocenters. The van der Waals surface area contributed by atoms with E-state index in [-0.39, 0.29) is 5.91 Å². The van der Waals surface area contributed by atoms with Gasteiger partial charge in [0.2, 0.25) is 5.91 Å². The number of hydrogen-bond acceptors (Lipinski definition) is 2. The van der Waals surface area contributed by atoms with Crippen LogP contribution >= 0.6 is 22.9 Å². The van der Waals surface area contributed by atoms with Crippen LogP contribution in [0.1, 0.15) is 23.1 Å². The summed E-state index contributed by atoms with van der Waals surface area (Å²) >= 11 is 7.64. The molecule has 0 aromatic carbocycles. The van der Waals surface area contributed by atoms with Crippen molar-refractivity contribution in [3.8, 4) is 0 Å². The fourth-order valence-electron chi connectivity index (χ4n) is 1.65. The third-order valence-corrected chi connectivity index (χ3v) is 3.92. The minimum Gasteiger partial charge on any atom is -0.341 e. The summed E-state index contributed by atoms with van der Waals surface area (Å²) in [6, 6.07) is 3.84. The number of rotatable bonds is 2. The van der Waals surface area contributed by atoms with Crippen molar-refractivity contribution in [1.82, 2.24) is 4.90 Å². The van der Waals surface area contributed by atoms with Crippen molar-refractivity contribution in [2.24, 2.45) is 0 Å². The lowest BCUT2D eigenvalue weighted by molar-refractivity contribution is -0.129. The predicted octanol–water partition coefficient (Wildman–Crippen LogP) is 2.65. The number of hydrogen-bond donors (Lipinski definition) is 0. The first kappa shape index (κ1) is 9.99. The summed E-state index contributed by atoms with van der Waals surface area (Å²) < 4.78 is 0. The molecule has 0 aliphatic carbocycles. The van der Waals surface area contributed by atoms with Crippen molar-refractivity contribution in [3.05, 3.63) is 22.4 Å². The molecular formula is C10H12ClNOS. The van der Waals surface area contributed by atoms with Crippen molar-refractivity contribution in [3.63, 3.8) is 0 Å². The highest BCUT2D eigenvalue weighted by Gasteiger charge is 2.26. The molecule has 1 amide bonds. The van der Waals surface area contributed by atoms with Crippen LogP contribution in [0.5, 0.6) is 0 Å². The van der Waals surface area contributed by atoms with Gasteiger partial charge in [-0.2, -0.15) is 0 Å². The molecule has 2 rings (SSSR count). The third kappa shape index (κ3) is 1.93. The van der Waals surface area contributed by atoms with Crippen LogP contribution in [-0.4, -0.2) is 23.9 Å². The van der Waals surface area contributed by atoms with E-state index in [9.17, 15) is 4.79 Å². The Bertz CT molecular complexity index is 306. The maximum Gasteiger partial charge on any atom is 0.246 e. The first-order valence-corrected chi connectivity index (χ1v) is 6.07. The number of thiophene rings is 1. The lowest BCUT2D eigenvalue weighted by Crippen LogP contribution is -2.30. The maximum absolute atomic E-state index is 11.8. The third-order valence-electron chi connectivity index (χ3n) is 2.43. The number of alkyl halides is 1. The van der Waals surface area contributed by atoms with Crippen molar-refractivity contribution in [2.75, 3.05) is 13.1 Å². The molecular weight excluding hydrogens is 218 g/mol. The Kier molecular flexibility index (Phi) is 3.08. The number of nitrogens with zero attached hydrogens (tertiary/aromatic N) is 1. The van der Waals surface area contributed by atoms with Crippen LogP contribution in [0.15, 0.2) is 17.5 Å². The Morgan fingerprint density at radius 3 is 2.79 bits per heavy atom. The lowest BCUT2D eigenvalue weighted by atomic mass is 10.3. The molecule has 1 aliphatic rings. The van der Waals surface area contributed by atoms with Crippen molar-refractivity contribution >= 4 is 28.8 Å². The van der Waals surface area contributed by atoms with Gasteiger partial charge in [0.05, 0.1) is 0 Å². The number of carbonyl (C=O) groups is 1. The van der Waals surface area contributed by atoms with Crippen LogP contribution in [0, 0.1) is 0 Å². The van der Waals surface area contributed by atoms with Crippen LogP contribution < -0.4 is 0 Å². The molecule has 14 heavy (non-hydrogen) atoms. The van der Waals surface area contributed by atoms with E-state index in [2.05, 4.69) is 0 Å². The van der Waals surface area contributed by atoms with Crippen LogP contribution in [0.2, 0.25) is 0 Å². The largest absolute Gasteiger partial charge is 0.341 e. The molecule has 0 bridgehead atoms. The summed E-state index contributed by atoms with van der Waals surface area (Å²) in [6.45, 7) is 1.74. The normalized spacial score (nSPS) is 18.5. The van der Waals surface area contributed by atoms with Crippen LogP contribution in [0.4, 0.5) is 0 Å². The zero-order valence-electron chi connectivity index (χ0n) is 7.78. The van der Waals surface area contributed by atoms with Gasteiger partial charge in [-0.25, -0.2) is 0 Å². The van der Waals surface area contributed by atoms with Gasteiger partial charge in [0.15, 0.2) is 0 Å². The Hall–Kier alpha value is -0.540.